The van der Waals surface area contributed by atoms with E-state index in [4.69, 9.17) is 11.6 Å². The fourth-order valence-corrected chi connectivity index (χ4v) is 3.99. The van der Waals surface area contributed by atoms with Gasteiger partial charge in [-0.15, -0.1) is 0 Å². The van der Waals surface area contributed by atoms with Gasteiger partial charge in [0.1, 0.15) is 17.5 Å². The summed E-state index contributed by atoms with van der Waals surface area (Å²) < 4.78 is 29.0. The maximum absolute atomic E-state index is 14.0. The molecule has 3 heterocycles. The third kappa shape index (κ3) is 3.91. The second kappa shape index (κ2) is 8.68. The fraction of sp³-hybridized carbons (Fsp3) is 0.0385. The zero-order valence-corrected chi connectivity index (χ0v) is 18.6. The molecule has 5 rings (SSSR count). The van der Waals surface area contributed by atoms with E-state index in [2.05, 4.69) is 15.3 Å². The number of carbonyl (C=O) groups is 1. The van der Waals surface area contributed by atoms with E-state index in [-0.39, 0.29) is 16.7 Å². The first kappa shape index (κ1) is 21.7. The molecule has 8 heteroatoms. The summed E-state index contributed by atoms with van der Waals surface area (Å²) in [6, 6.07) is 15.6. The molecule has 0 aliphatic heterocycles. The Kier molecular flexibility index (Phi) is 5.55. The highest BCUT2D eigenvalue weighted by Crippen LogP contribution is 2.33. The lowest BCUT2D eigenvalue weighted by Crippen LogP contribution is -2.14. The summed E-state index contributed by atoms with van der Waals surface area (Å²) in [6.07, 6.45) is 5.16. The van der Waals surface area contributed by atoms with E-state index in [1.807, 2.05) is 22.7 Å². The number of fused-ring (bicyclic) bond motifs is 1. The molecule has 0 fully saturated rings. The largest absolute Gasteiger partial charge is 0.322 e. The van der Waals surface area contributed by atoms with Gasteiger partial charge in [0.05, 0.1) is 28.0 Å². The summed E-state index contributed by atoms with van der Waals surface area (Å²) in [5.41, 5.74) is 4.13. The van der Waals surface area contributed by atoms with Gasteiger partial charge in [0.15, 0.2) is 0 Å². The highest BCUT2D eigenvalue weighted by atomic mass is 35.5. The number of anilines is 1. The molecule has 1 amide bonds. The average Bonchev–Trinajstić information content (AvgIpc) is 3.27. The van der Waals surface area contributed by atoms with Crippen molar-refractivity contribution in [3.63, 3.8) is 0 Å². The Morgan fingerprint density at radius 3 is 2.53 bits per heavy atom. The molecule has 0 atom stereocenters. The summed E-state index contributed by atoms with van der Waals surface area (Å²) in [5.74, 6) is -0.765. The van der Waals surface area contributed by atoms with Gasteiger partial charge in [0.25, 0.3) is 5.91 Å². The van der Waals surface area contributed by atoms with Crippen LogP contribution in [0, 0.1) is 18.6 Å². The molecule has 3 aromatic heterocycles. The molecule has 5 aromatic rings. The molecule has 5 nitrogen and oxygen atoms in total. The van der Waals surface area contributed by atoms with Gasteiger partial charge in [-0.25, -0.2) is 13.8 Å². The molecular formula is C26H17ClF2N4O. The number of hydrogen-bond donors (Lipinski definition) is 1. The minimum atomic E-state index is -0.522. The lowest BCUT2D eigenvalue weighted by Gasteiger charge is -2.11. The lowest BCUT2D eigenvalue weighted by molar-refractivity contribution is 0.102. The van der Waals surface area contributed by atoms with Gasteiger partial charge in [-0.3, -0.25) is 14.2 Å². The zero-order valence-electron chi connectivity index (χ0n) is 17.9. The number of nitrogens with zero attached hydrogens (tertiary/aromatic N) is 3. The number of carbonyl (C=O) groups excluding carboxylic acids is 1. The molecule has 0 aliphatic rings. The second-order valence-corrected chi connectivity index (χ2v) is 8.06. The molecule has 168 valence electrons. The van der Waals surface area contributed by atoms with Crippen LogP contribution in [0.2, 0.25) is 5.02 Å². The maximum Gasteiger partial charge on any atom is 0.257 e. The Balaban J connectivity index is 1.55. The molecule has 0 spiro atoms. The van der Waals surface area contributed by atoms with Crippen molar-refractivity contribution < 1.29 is 13.6 Å². The number of aromatic nitrogens is 3. The van der Waals surface area contributed by atoms with E-state index < -0.39 is 5.82 Å². The molecule has 2 aromatic carbocycles. The number of pyridine rings is 2. The van der Waals surface area contributed by atoms with E-state index in [0.717, 1.165) is 11.1 Å². The van der Waals surface area contributed by atoms with Crippen LogP contribution in [0.15, 0.2) is 79.3 Å². The van der Waals surface area contributed by atoms with Gasteiger partial charge in [-0.2, -0.15) is 0 Å². The van der Waals surface area contributed by atoms with E-state index >= 15 is 0 Å². The molecule has 0 bridgehead atoms. The van der Waals surface area contributed by atoms with Crippen LogP contribution in [-0.2, 0) is 0 Å². The Morgan fingerprint density at radius 2 is 1.74 bits per heavy atom. The Labute approximate surface area is 198 Å². The van der Waals surface area contributed by atoms with Crippen LogP contribution >= 0.6 is 11.6 Å². The first-order valence-corrected chi connectivity index (χ1v) is 10.7. The molecule has 34 heavy (non-hydrogen) atoms. The normalized spacial score (nSPS) is 11.1. The highest BCUT2D eigenvalue weighted by Gasteiger charge is 2.17. The number of rotatable bonds is 4. The summed E-state index contributed by atoms with van der Waals surface area (Å²) >= 11 is 6.19. The van der Waals surface area contributed by atoms with Crippen molar-refractivity contribution in [2.45, 2.75) is 6.92 Å². The van der Waals surface area contributed by atoms with Gasteiger partial charge in [0, 0.05) is 34.8 Å². The van der Waals surface area contributed by atoms with Crippen molar-refractivity contribution in [1.82, 2.24) is 14.4 Å². The summed E-state index contributed by atoms with van der Waals surface area (Å²) in [7, 11) is 0. The summed E-state index contributed by atoms with van der Waals surface area (Å²) in [5, 5.41) is 2.76. The smallest absolute Gasteiger partial charge is 0.257 e. The molecule has 0 radical (unpaired) electrons. The van der Waals surface area contributed by atoms with Crippen LogP contribution in [-0.4, -0.2) is 20.3 Å². The van der Waals surface area contributed by atoms with Crippen LogP contribution in [0.3, 0.4) is 0 Å². The zero-order chi connectivity index (χ0) is 23.8. The Bertz CT molecular complexity index is 1550. The van der Waals surface area contributed by atoms with Gasteiger partial charge < -0.3 is 5.32 Å². The molecule has 0 saturated heterocycles. The fourth-order valence-electron chi connectivity index (χ4n) is 3.78. The van der Waals surface area contributed by atoms with Crippen molar-refractivity contribution in [2.75, 3.05) is 5.32 Å². The van der Waals surface area contributed by atoms with Crippen LogP contribution in [0.1, 0.15) is 16.1 Å². The molecular weight excluding hydrogens is 458 g/mol. The van der Waals surface area contributed by atoms with E-state index in [1.165, 1.54) is 30.3 Å². The van der Waals surface area contributed by atoms with E-state index in [0.29, 0.717) is 33.9 Å². The Morgan fingerprint density at radius 1 is 0.971 bits per heavy atom. The minimum Gasteiger partial charge on any atom is -0.322 e. The third-order valence-electron chi connectivity index (χ3n) is 5.51. The predicted octanol–water partition coefficient (Wildman–Crippen LogP) is 6.56. The molecule has 1 N–H and O–H groups in total. The van der Waals surface area contributed by atoms with Crippen LogP contribution in [0.4, 0.5) is 14.5 Å². The van der Waals surface area contributed by atoms with Crippen LogP contribution < -0.4 is 5.32 Å². The number of nitrogens with one attached hydrogen (secondary N) is 1. The monoisotopic (exact) mass is 474 g/mol. The number of amides is 1. The number of hydrogen-bond acceptors (Lipinski definition) is 3. The third-order valence-corrected chi connectivity index (χ3v) is 5.89. The number of imidazole rings is 1. The first-order valence-electron chi connectivity index (χ1n) is 10.4. The maximum atomic E-state index is 14.0. The van der Waals surface area contributed by atoms with Crippen molar-refractivity contribution in [2.24, 2.45) is 0 Å². The van der Waals surface area contributed by atoms with Crippen LogP contribution in [0.5, 0.6) is 0 Å². The second-order valence-electron chi connectivity index (χ2n) is 7.68. The summed E-state index contributed by atoms with van der Waals surface area (Å²) in [4.78, 5) is 21.8. The standard InChI is InChI=1S/C26H17ClF2N4O/c1-15-21(26(34)32-18-9-7-17(28)8-10-18)12-16(13-30-15)19-5-3-11-33-23(19)14-31-25(33)20-4-2-6-22(29)24(20)27/h2-14H,1H3,(H,32,34). The topological polar surface area (TPSA) is 59.3 Å². The molecule has 0 unspecified atom stereocenters. The quantitative estimate of drug-likeness (QED) is 0.321. The predicted molar refractivity (Wildman–Crippen MR) is 128 cm³/mol. The molecule has 0 saturated carbocycles. The number of benzene rings is 2. The van der Waals surface area contributed by atoms with Gasteiger partial charge in [-0.1, -0.05) is 23.7 Å². The lowest BCUT2D eigenvalue weighted by atomic mass is 10.0. The van der Waals surface area contributed by atoms with Crippen molar-refractivity contribution in [3.05, 3.63) is 107 Å². The number of halogens is 3. The van der Waals surface area contributed by atoms with Crippen LogP contribution in [0.25, 0.3) is 28.0 Å². The van der Waals surface area contributed by atoms with Gasteiger partial charge >= 0.3 is 0 Å². The molecule has 0 aliphatic carbocycles. The Hall–Kier alpha value is -4.10. The number of aryl methyl sites for hydroxylation is 1. The highest BCUT2D eigenvalue weighted by molar-refractivity contribution is 6.33. The average molecular weight is 475 g/mol. The van der Waals surface area contributed by atoms with Crippen molar-refractivity contribution in [1.29, 1.82) is 0 Å². The van der Waals surface area contributed by atoms with E-state index in [1.54, 1.807) is 37.5 Å². The van der Waals surface area contributed by atoms with Gasteiger partial charge in [-0.05, 0) is 55.5 Å². The minimum absolute atomic E-state index is 0.00263. The SMILES string of the molecule is Cc1ncc(-c2cccn3c(-c4cccc(F)c4Cl)ncc23)cc1C(=O)Nc1ccc(F)cc1. The summed E-state index contributed by atoms with van der Waals surface area (Å²) in [6.45, 7) is 1.74. The van der Waals surface area contributed by atoms with Gasteiger partial charge in [0.2, 0.25) is 0 Å². The first-order chi connectivity index (χ1) is 16.4. The van der Waals surface area contributed by atoms with Crippen molar-refractivity contribution in [3.8, 4) is 22.5 Å². The van der Waals surface area contributed by atoms with Crippen molar-refractivity contribution >= 4 is 28.7 Å². The van der Waals surface area contributed by atoms with E-state index in [9.17, 15) is 13.6 Å².